The minimum atomic E-state index is -0.800. The molecule has 2 N–H and O–H groups in total. The Balaban J connectivity index is 1.67. The molecular weight excluding hydrogens is 405 g/mol. The predicted octanol–water partition coefficient (Wildman–Crippen LogP) is 2.12. The summed E-state index contributed by atoms with van der Waals surface area (Å²) < 4.78 is 13.0. The summed E-state index contributed by atoms with van der Waals surface area (Å²) in [6, 6.07) is 4.02. The fourth-order valence-corrected chi connectivity index (χ4v) is 4.58. The highest BCUT2D eigenvalue weighted by molar-refractivity contribution is 6.06. The Kier molecular flexibility index (Phi) is 7.73. The number of likely N-dealkylation sites (tertiary alicyclic amines) is 1. The highest BCUT2D eigenvalue weighted by atomic mass is 19.1. The summed E-state index contributed by atoms with van der Waals surface area (Å²) in [4.78, 5) is 50.7. The van der Waals surface area contributed by atoms with Gasteiger partial charge >= 0.3 is 0 Å². The minimum absolute atomic E-state index is 0.127. The number of hydrogen-bond acceptors (Lipinski definition) is 5. The third-order valence-electron chi connectivity index (χ3n) is 6.15. The van der Waals surface area contributed by atoms with Crippen LogP contribution in [0.5, 0.6) is 0 Å². The molecule has 1 aliphatic carbocycles. The van der Waals surface area contributed by atoms with Gasteiger partial charge < -0.3 is 4.90 Å². The second-order valence-electron chi connectivity index (χ2n) is 8.33. The van der Waals surface area contributed by atoms with Gasteiger partial charge in [0.05, 0.1) is 12.5 Å². The molecule has 1 saturated heterocycles. The van der Waals surface area contributed by atoms with Gasteiger partial charge in [0, 0.05) is 12.1 Å². The highest BCUT2D eigenvalue weighted by Gasteiger charge is 2.39. The normalized spacial score (nSPS) is 19.8. The Hall–Kier alpha value is -2.81. The highest BCUT2D eigenvalue weighted by Crippen LogP contribution is 2.32. The van der Waals surface area contributed by atoms with Gasteiger partial charge in [0.25, 0.3) is 5.91 Å². The van der Waals surface area contributed by atoms with E-state index in [1.54, 1.807) is 0 Å². The van der Waals surface area contributed by atoms with E-state index in [2.05, 4.69) is 5.32 Å². The van der Waals surface area contributed by atoms with E-state index in [9.17, 15) is 28.8 Å². The first-order valence-corrected chi connectivity index (χ1v) is 10.7. The van der Waals surface area contributed by atoms with E-state index < -0.39 is 29.6 Å². The van der Waals surface area contributed by atoms with Gasteiger partial charge in [0.2, 0.25) is 18.2 Å². The smallest absolute Gasteiger partial charge is 0.257 e. The second-order valence-corrected chi connectivity index (χ2v) is 8.33. The molecule has 0 bridgehead atoms. The Bertz CT molecular complexity index is 810. The molecule has 9 heteroatoms. The largest absolute Gasteiger partial charge is 0.330 e. The van der Waals surface area contributed by atoms with Crippen LogP contribution in [0.4, 0.5) is 4.39 Å². The van der Waals surface area contributed by atoms with Crippen LogP contribution in [0, 0.1) is 17.7 Å². The van der Waals surface area contributed by atoms with Crippen LogP contribution in [0.3, 0.4) is 0 Å². The standard InChI is InChI=1S/C22H28FN3O5/c23-18-9-7-16(8-10-18)20(28)24-21(29)19-6-3-11-26(19)22(30)17(13-25(31)14-27)12-15-4-1-2-5-15/h7-10,14-15,17,19,31H,1-6,11-13H2,(H,24,28,29)/t17-,19+/m1/s1. The zero-order valence-corrected chi connectivity index (χ0v) is 17.3. The molecule has 1 saturated carbocycles. The molecule has 0 radical (unpaired) electrons. The van der Waals surface area contributed by atoms with Crippen molar-refractivity contribution in [2.45, 2.75) is 51.0 Å². The number of hydroxylamine groups is 2. The quantitative estimate of drug-likeness (QED) is 0.283. The zero-order chi connectivity index (χ0) is 22.4. The van der Waals surface area contributed by atoms with Crippen molar-refractivity contribution in [1.82, 2.24) is 15.3 Å². The van der Waals surface area contributed by atoms with E-state index in [1.807, 2.05) is 0 Å². The molecule has 1 aromatic rings. The van der Waals surface area contributed by atoms with Crippen molar-refractivity contribution in [3.63, 3.8) is 0 Å². The topological polar surface area (TPSA) is 107 Å². The maximum Gasteiger partial charge on any atom is 0.257 e. The van der Waals surface area contributed by atoms with Gasteiger partial charge in [-0.2, -0.15) is 0 Å². The molecule has 2 fully saturated rings. The fraction of sp³-hybridized carbons (Fsp3) is 0.545. The Morgan fingerprint density at radius 2 is 1.84 bits per heavy atom. The second kappa shape index (κ2) is 10.5. The lowest BCUT2D eigenvalue weighted by Gasteiger charge is -2.30. The molecule has 3 rings (SSSR count). The van der Waals surface area contributed by atoms with Crippen LogP contribution in [0.2, 0.25) is 0 Å². The number of imide groups is 1. The van der Waals surface area contributed by atoms with Gasteiger partial charge in [-0.25, -0.2) is 9.45 Å². The number of nitrogens with zero attached hydrogens (tertiary/aromatic N) is 2. The van der Waals surface area contributed by atoms with Crippen molar-refractivity contribution >= 4 is 24.1 Å². The SMILES string of the molecule is O=CN(O)C[C@@H](CC1CCCC1)C(=O)N1CCC[C@H]1C(=O)NC(=O)c1ccc(F)cc1. The lowest BCUT2D eigenvalue weighted by Crippen LogP contribution is -2.50. The van der Waals surface area contributed by atoms with E-state index in [0.717, 1.165) is 37.8 Å². The third kappa shape index (κ3) is 5.88. The van der Waals surface area contributed by atoms with E-state index in [1.165, 1.54) is 17.0 Å². The maximum atomic E-state index is 13.3. The van der Waals surface area contributed by atoms with Crippen molar-refractivity contribution in [3.8, 4) is 0 Å². The first-order valence-electron chi connectivity index (χ1n) is 10.7. The number of rotatable bonds is 8. The molecule has 0 unspecified atom stereocenters. The van der Waals surface area contributed by atoms with Crippen molar-refractivity contribution in [3.05, 3.63) is 35.6 Å². The fourth-order valence-electron chi connectivity index (χ4n) is 4.58. The lowest BCUT2D eigenvalue weighted by molar-refractivity contribution is -0.158. The summed E-state index contributed by atoms with van der Waals surface area (Å²) >= 11 is 0. The molecule has 168 valence electrons. The van der Waals surface area contributed by atoms with Crippen LogP contribution in [-0.4, -0.2) is 58.4 Å². The third-order valence-corrected chi connectivity index (χ3v) is 6.15. The molecular formula is C22H28FN3O5. The number of carbonyl (C=O) groups is 4. The lowest BCUT2D eigenvalue weighted by atomic mass is 9.91. The summed E-state index contributed by atoms with van der Waals surface area (Å²) in [5.74, 6) is -2.29. The monoisotopic (exact) mass is 433 g/mol. The van der Waals surface area contributed by atoms with Gasteiger partial charge in [-0.1, -0.05) is 25.7 Å². The van der Waals surface area contributed by atoms with Gasteiger partial charge in [0.15, 0.2) is 0 Å². The molecule has 2 aliphatic rings. The first kappa shape index (κ1) is 22.9. The van der Waals surface area contributed by atoms with Crippen LogP contribution in [0.1, 0.15) is 55.3 Å². The Morgan fingerprint density at radius 3 is 2.48 bits per heavy atom. The summed E-state index contributed by atoms with van der Waals surface area (Å²) in [7, 11) is 0. The minimum Gasteiger partial charge on any atom is -0.330 e. The molecule has 31 heavy (non-hydrogen) atoms. The number of nitrogens with one attached hydrogen (secondary N) is 1. The Labute approximate surface area is 180 Å². The van der Waals surface area contributed by atoms with Crippen LogP contribution in [0.15, 0.2) is 24.3 Å². The van der Waals surface area contributed by atoms with Gasteiger partial charge in [-0.05, 0) is 49.4 Å². The summed E-state index contributed by atoms with van der Waals surface area (Å²) in [5.41, 5.74) is 0.145. The van der Waals surface area contributed by atoms with Gasteiger partial charge in [0.1, 0.15) is 11.9 Å². The average molecular weight is 433 g/mol. The molecule has 2 atom stereocenters. The zero-order valence-electron chi connectivity index (χ0n) is 17.3. The molecule has 4 amide bonds. The summed E-state index contributed by atoms with van der Waals surface area (Å²) in [6.45, 7) is 0.244. The molecule has 0 spiro atoms. The van der Waals surface area contributed by atoms with E-state index in [4.69, 9.17) is 0 Å². The van der Waals surface area contributed by atoms with Crippen molar-refractivity contribution in [2.24, 2.45) is 11.8 Å². The van der Waals surface area contributed by atoms with Crippen LogP contribution < -0.4 is 5.32 Å². The van der Waals surface area contributed by atoms with E-state index in [-0.39, 0.29) is 24.4 Å². The van der Waals surface area contributed by atoms with Crippen molar-refractivity contribution < 1.29 is 28.8 Å². The molecule has 1 heterocycles. The van der Waals surface area contributed by atoms with Crippen LogP contribution in [-0.2, 0) is 14.4 Å². The van der Waals surface area contributed by atoms with E-state index in [0.29, 0.717) is 36.8 Å². The molecule has 1 aliphatic heterocycles. The predicted molar refractivity (Wildman–Crippen MR) is 108 cm³/mol. The first-order chi connectivity index (χ1) is 14.9. The van der Waals surface area contributed by atoms with Crippen LogP contribution >= 0.6 is 0 Å². The number of benzene rings is 1. The van der Waals surface area contributed by atoms with E-state index >= 15 is 0 Å². The molecule has 1 aromatic carbocycles. The average Bonchev–Trinajstić information content (AvgIpc) is 3.45. The Morgan fingerprint density at radius 1 is 1.16 bits per heavy atom. The van der Waals surface area contributed by atoms with Gasteiger partial charge in [-0.3, -0.25) is 29.7 Å². The number of halogens is 1. The molecule has 0 aromatic heterocycles. The number of amides is 4. The summed E-state index contributed by atoms with van der Waals surface area (Å²) in [5, 5.41) is 12.4. The van der Waals surface area contributed by atoms with Crippen molar-refractivity contribution in [1.29, 1.82) is 0 Å². The van der Waals surface area contributed by atoms with Gasteiger partial charge in [-0.15, -0.1) is 0 Å². The number of hydrogen-bond donors (Lipinski definition) is 2. The number of carbonyl (C=O) groups excluding carboxylic acids is 4. The maximum absolute atomic E-state index is 13.3. The van der Waals surface area contributed by atoms with Crippen molar-refractivity contribution in [2.75, 3.05) is 13.1 Å². The van der Waals surface area contributed by atoms with Crippen LogP contribution in [0.25, 0.3) is 0 Å². The summed E-state index contributed by atoms with van der Waals surface area (Å²) in [6.07, 6.45) is 6.05. The molecule has 8 nitrogen and oxygen atoms in total.